The fraction of sp³-hybridized carbons (Fsp3) is 0.444. The SMILES string of the molecule is CC(Br)C(C)c1ncc([N+](=O)[O-])cc1Br. The first-order chi connectivity index (χ1) is 6.93. The summed E-state index contributed by atoms with van der Waals surface area (Å²) >= 11 is 6.76. The summed E-state index contributed by atoms with van der Waals surface area (Å²) in [6.45, 7) is 4.03. The molecule has 0 aliphatic heterocycles. The van der Waals surface area contributed by atoms with Crippen molar-refractivity contribution in [2.24, 2.45) is 0 Å². The van der Waals surface area contributed by atoms with E-state index in [1.807, 2.05) is 13.8 Å². The third kappa shape index (κ3) is 2.98. The van der Waals surface area contributed by atoms with E-state index in [0.29, 0.717) is 4.47 Å². The Balaban J connectivity index is 3.08. The van der Waals surface area contributed by atoms with Gasteiger partial charge in [-0.3, -0.25) is 15.1 Å². The molecule has 0 spiro atoms. The van der Waals surface area contributed by atoms with E-state index in [1.54, 1.807) is 0 Å². The Kier molecular flexibility index (Phi) is 4.21. The van der Waals surface area contributed by atoms with Crippen LogP contribution in [0.3, 0.4) is 0 Å². The Morgan fingerprint density at radius 3 is 2.53 bits per heavy atom. The molecule has 0 aliphatic rings. The van der Waals surface area contributed by atoms with E-state index >= 15 is 0 Å². The van der Waals surface area contributed by atoms with Gasteiger partial charge in [0.25, 0.3) is 5.69 Å². The van der Waals surface area contributed by atoms with E-state index in [9.17, 15) is 10.1 Å². The molecule has 0 bridgehead atoms. The number of nitro groups is 1. The topological polar surface area (TPSA) is 56.0 Å². The van der Waals surface area contributed by atoms with E-state index in [1.165, 1.54) is 12.3 Å². The highest BCUT2D eigenvalue weighted by Crippen LogP contribution is 2.30. The smallest absolute Gasteiger partial charge is 0.258 e. The summed E-state index contributed by atoms with van der Waals surface area (Å²) in [5, 5.41) is 10.5. The summed E-state index contributed by atoms with van der Waals surface area (Å²) < 4.78 is 0.676. The van der Waals surface area contributed by atoms with Gasteiger partial charge in [0, 0.05) is 21.3 Å². The van der Waals surface area contributed by atoms with Gasteiger partial charge in [-0.2, -0.15) is 0 Å². The first-order valence-corrected chi connectivity index (χ1v) is 6.08. The zero-order chi connectivity index (χ0) is 11.6. The van der Waals surface area contributed by atoms with Crippen molar-refractivity contribution in [2.75, 3.05) is 0 Å². The standard InChI is InChI=1S/C9H10Br2N2O2/c1-5(6(2)10)9-8(11)3-7(4-12-9)13(14)15/h3-6H,1-2H3. The maximum atomic E-state index is 10.5. The molecule has 1 heterocycles. The Labute approximate surface area is 104 Å². The molecule has 0 radical (unpaired) electrons. The fourth-order valence-corrected chi connectivity index (χ4v) is 2.04. The van der Waals surface area contributed by atoms with Crippen molar-refractivity contribution in [3.63, 3.8) is 0 Å². The van der Waals surface area contributed by atoms with Crippen LogP contribution in [0.15, 0.2) is 16.7 Å². The van der Waals surface area contributed by atoms with Gasteiger partial charge in [-0.05, 0) is 15.9 Å². The van der Waals surface area contributed by atoms with Crippen LogP contribution in [0, 0.1) is 10.1 Å². The molecule has 15 heavy (non-hydrogen) atoms. The van der Waals surface area contributed by atoms with Gasteiger partial charge < -0.3 is 0 Å². The molecule has 1 aromatic rings. The van der Waals surface area contributed by atoms with E-state index < -0.39 is 4.92 Å². The zero-order valence-electron chi connectivity index (χ0n) is 8.28. The third-order valence-electron chi connectivity index (χ3n) is 2.19. The van der Waals surface area contributed by atoms with Crippen LogP contribution in [0.4, 0.5) is 5.69 Å². The second-order valence-electron chi connectivity index (χ2n) is 3.28. The molecule has 0 fully saturated rings. The molecule has 0 saturated carbocycles. The van der Waals surface area contributed by atoms with Gasteiger partial charge in [-0.25, -0.2) is 0 Å². The van der Waals surface area contributed by atoms with E-state index in [2.05, 4.69) is 36.8 Å². The molecule has 0 amide bonds. The van der Waals surface area contributed by atoms with E-state index in [4.69, 9.17) is 0 Å². The average molecular weight is 338 g/mol. The highest BCUT2D eigenvalue weighted by molar-refractivity contribution is 9.10. The van der Waals surface area contributed by atoms with Crippen molar-refractivity contribution in [1.29, 1.82) is 0 Å². The number of halogens is 2. The van der Waals surface area contributed by atoms with Crippen molar-refractivity contribution in [3.05, 3.63) is 32.5 Å². The van der Waals surface area contributed by atoms with Crippen LogP contribution in [0.5, 0.6) is 0 Å². The maximum absolute atomic E-state index is 10.5. The summed E-state index contributed by atoms with van der Waals surface area (Å²) in [5.41, 5.74) is 0.824. The lowest BCUT2D eigenvalue weighted by molar-refractivity contribution is -0.385. The molecule has 0 aliphatic carbocycles. The molecule has 1 aromatic heterocycles. The number of nitrogens with zero attached hydrogens (tertiary/aromatic N) is 2. The second kappa shape index (κ2) is 5.03. The highest BCUT2D eigenvalue weighted by Gasteiger charge is 2.18. The van der Waals surface area contributed by atoms with E-state index in [0.717, 1.165) is 5.69 Å². The molecule has 0 N–H and O–H groups in total. The summed E-state index contributed by atoms with van der Waals surface area (Å²) in [6, 6.07) is 1.48. The van der Waals surface area contributed by atoms with Gasteiger partial charge in [-0.1, -0.05) is 29.8 Å². The van der Waals surface area contributed by atoms with Gasteiger partial charge in [-0.15, -0.1) is 0 Å². The van der Waals surface area contributed by atoms with Crippen molar-refractivity contribution in [2.45, 2.75) is 24.6 Å². The summed E-state index contributed by atoms with van der Waals surface area (Å²) in [5.74, 6) is 0.195. The summed E-state index contributed by atoms with van der Waals surface area (Å²) in [6.07, 6.45) is 1.28. The minimum Gasteiger partial charge on any atom is -0.258 e. The van der Waals surface area contributed by atoms with Gasteiger partial charge in [0.1, 0.15) is 6.20 Å². The van der Waals surface area contributed by atoms with Gasteiger partial charge in [0.05, 0.1) is 10.6 Å². The monoisotopic (exact) mass is 336 g/mol. The lowest BCUT2D eigenvalue weighted by atomic mass is 10.0. The first kappa shape index (κ1) is 12.6. The molecule has 0 aromatic carbocycles. The Morgan fingerprint density at radius 2 is 2.13 bits per heavy atom. The number of alkyl halides is 1. The quantitative estimate of drug-likeness (QED) is 0.480. The largest absolute Gasteiger partial charge is 0.288 e. The number of hydrogen-bond acceptors (Lipinski definition) is 3. The van der Waals surface area contributed by atoms with Gasteiger partial charge in [0.2, 0.25) is 0 Å². The first-order valence-electron chi connectivity index (χ1n) is 4.37. The molecular weight excluding hydrogens is 328 g/mol. The number of hydrogen-bond donors (Lipinski definition) is 0. The molecule has 4 nitrogen and oxygen atoms in total. The number of pyridine rings is 1. The van der Waals surface area contributed by atoms with Crippen molar-refractivity contribution in [3.8, 4) is 0 Å². The summed E-state index contributed by atoms with van der Waals surface area (Å²) in [7, 11) is 0. The van der Waals surface area contributed by atoms with Gasteiger partial charge >= 0.3 is 0 Å². The lowest BCUT2D eigenvalue weighted by Crippen LogP contribution is -2.07. The van der Waals surface area contributed by atoms with Crippen LogP contribution >= 0.6 is 31.9 Å². The predicted molar refractivity (Wildman–Crippen MR) is 65.4 cm³/mol. The average Bonchev–Trinajstić information content (AvgIpc) is 2.16. The van der Waals surface area contributed by atoms with E-state index in [-0.39, 0.29) is 16.4 Å². The van der Waals surface area contributed by atoms with Crippen LogP contribution in [-0.2, 0) is 0 Å². The van der Waals surface area contributed by atoms with Crippen molar-refractivity contribution in [1.82, 2.24) is 4.98 Å². The van der Waals surface area contributed by atoms with Crippen molar-refractivity contribution < 1.29 is 4.92 Å². The van der Waals surface area contributed by atoms with Gasteiger partial charge in [0.15, 0.2) is 0 Å². The minimum absolute atomic E-state index is 0.0000468. The van der Waals surface area contributed by atoms with Crippen LogP contribution < -0.4 is 0 Å². The number of rotatable bonds is 3. The fourth-order valence-electron chi connectivity index (χ4n) is 1.09. The lowest BCUT2D eigenvalue weighted by Gasteiger charge is -2.14. The maximum Gasteiger partial charge on any atom is 0.288 e. The molecule has 0 saturated heterocycles. The number of aromatic nitrogens is 1. The molecular formula is C9H10Br2N2O2. The second-order valence-corrected chi connectivity index (χ2v) is 5.58. The Bertz CT molecular complexity index is 382. The zero-order valence-corrected chi connectivity index (χ0v) is 11.4. The predicted octanol–water partition coefficient (Wildman–Crippen LogP) is 3.64. The van der Waals surface area contributed by atoms with Crippen LogP contribution in [0.1, 0.15) is 25.5 Å². The molecule has 82 valence electrons. The highest BCUT2D eigenvalue weighted by atomic mass is 79.9. The van der Waals surface area contributed by atoms with Crippen LogP contribution in [-0.4, -0.2) is 14.7 Å². The third-order valence-corrected chi connectivity index (χ3v) is 3.61. The van der Waals surface area contributed by atoms with Crippen LogP contribution in [0.2, 0.25) is 0 Å². The molecule has 2 unspecified atom stereocenters. The summed E-state index contributed by atoms with van der Waals surface area (Å²) in [4.78, 5) is 14.4. The minimum atomic E-state index is -0.455. The normalized spacial score (nSPS) is 14.7. The molecule has 2 atom stereocenters. The Morgan fingerprint density at radius 1 is 1.53 bits per heavy atom. The van der Waals surface area contributed by atoms with Crippen molar-refractivity contribution >= 4 is 37.5 Å². The van der Waals surface area contributed by atoms with Crippen LogP contribution in [0.25, 0.3) is 0 Å². The molecule has 6 heteroatoms. The molecule has 1 rings (SSSR count). The Hall–Kier alpha value is -0.490.